The lowest BCUT2D eigenvalue weighted by Gasteiger charge is -2.47. The lowest BCUT2D eigenvalue weighted by Crippen LogP contribution is -2.48. The normalized spacial score (nSPS) is 38.8. The van der Waals surface area contributed by atoms with Gasteiger partial charge in [0, 0.05) is 18.4 Å². The molecular weight excluding hydrogens is 680 g/mol. The molecule has 3 aliphatic carbocycles. The Morgan fingerprint density at radius 3 is 2.21 bits per heavy atom. The van der Waals surface area contributed by atoms with Crippen LogP contribution in [0.3, 0.4) is 0 Å². The Morgan fingerprint density at radius 1 is 0.962 bits per heavy atom. The average molecular weight is 749 g/mol. The molecule has 11 nitrogen and oxygen atoms in total. The molecule has 0 spiro atoms. The Hall–Kier alpha value is -2.08. The van der Waals surface area contributed by atoms with Crippen LogP contribution in [0.15, 0.2) is 0 Å². The van der Waals surface area contributed by atoms with Gasteiger partial charge in [0.1, 0.15) is 30.2 Å². The predicted octanol–water partition coefficient (Wildman–Crippen LogP) is 6.40. The van der Waals surface area contributed by atoms with E-state index in [1.807, 2.05) is 48.5 Å². The number of carbonyl (C=O) groups excluding carboxylic acids is 3. The lowest BCUT2D eigenvalue weighted by molar-refractivity contribution is -0.176. The van der Waals surface area contributed by atoms with Gasteiger partial charge >= 0.3 is 17.9 Å². The van der Waals surface area contributed by atoms with E-state index < -0.39 is 45.4 Å². The minimum Gasteiger partial charge on any atom is -0.481 e. The number of methoxy groups -OCH3 is 1. The molecule has 14 atom stereocenters. The molecular formula is C42H68O11. The van der Waals surface area contributed by atoms with Gasteiger partial charge < -0.3 is 38.7 Å². The summed E-state index contributed by atoms with van der Waals surface area (Å²) in [7, 11) is 1.55. The largest absolute Gasteiger partial charge is 0.481 e. The zero-order valence-electron chi connectivity index (χ0n) is 34.2. The fraction of sp³-hybridized carbons (Fsp3) is 0.905. The molecule has 2 N–H and O–H groups in total. The van der Waals surface area contributed by atoms with Crippen molar-refractivity contribution in [1.29, 1.82) is 0 Å². The third-order valence-corrected chi connectivity index (χ3v) is 14.0. The fourth-order valence-corrected chi connectivity index (χ4v) is 11.8. The van der Waals surface area contributed by atoms with E-state index in [9.17, 15) is 29.4 Å². The van der Waals surface area contributed by atoms with E-state index in [-0.39, 0.29) is 48.0 Å². The number of hydrogen-bond donors (Lipinski definition) is 2. The number of aliphatic carboxylic acids is 1. The zero-order valence-corrected chi connectivity index (χ0v) is 34.2. The summed E-state index contributed by atoms with van der Waals surface area (Å²) in [5, 5.41) is 19.9. The molecule has 4 bridgehead atoms. The van der Waals surface area contributed by atoms with E-state index in [1.54, 1.807) is 14.0 Å². The summed E-state index contributed by atoms with van der Waals surface area (Å²) in [6.07, 6.45) is 7.19. The maximum atomic E-state index is 13.8. The van der Waals surface area contributed by atoms with Gasteiger partial charge in [-0.1, -0.05) is 34.1 Å². The van der Waals surface area contributed by atoms with Crippen LogP contribution in [0.4, 0.5) is 0 Å². The van der Waals surface area contributed by atoms with Crippen LogP contribution in [-0.2, 0) is 42.9 Å². The van der Waals surface area contributed by atoms with E-state index in [1.165, 1.54) is 25.7 Å². The number of aliphatic hydroxyl groups excluding tert-OH is 1. The van der Waals surface area contributed by atoms with Gasteiger partial charge in [-0.05, 0) is 122 Å². The number of rotatable bonds is 14. The van der Waals surface area contributed by atoms with E-state index in [2.05, 4.69) is 13.8 Å². The molecule has 3 saturated carbocycles. The Kier molecular flexibility index (Phi) is 11.7. The molecule has 0 radical (unpaired) electrons. The number of cyclic esters (lactones) is 1. The standard InChI is InChI=1S/C33H56O6.C9H12O5/c1-11-31(8,26(35)36)19-32(9,27(37)39-28(2,3)4)18-30(7,17-29(5,6)20-34)21-38-33(10)16-22-15-25(33)24-14-12-13-23(22)24;1-12-8-5(10)7-4-3(6(8)14-7)2-13-9(4)11/h20,22-25H,11-19,21H2,1-10H3,(H,35,36);3-8,10H,2H2,1H3. The maximum absolute atomic E-state index is 13.8. The Balaban J connectivity index is 0.000000317. The minimum atomic E-state index is -1.08. The van der Waals surface area contributed by atoms with E-state index >= 15 is 0 Å². The van der Waals surface area contributed by atoms with Crippen molar-refractivity contribution in [3.63, 3.8) is 0 Å². The van der Waals surface area contributed by atoms with Crippen molar-refractivity contribution in [3.8, 4) is 0 Å². The number of carboxylic acids is 1. The third-order valence-electron chi connectivity index (χ3n) is 14.0. The highest BCUT2D eigenvalue weighted by Crippen LogP contribution is 2.64. The van der Waals surface area contributed by atoms with Gasteiger partial charge in [-0.2, -0.15) is 0 Å². The smallest absolute Gasteiger partial charge is 0.312 e. The number of aliphatic hydroxyl groups is 1. The van der Waals surface area contributed by atoms with Gasteiger partial charge in [0.05, 0.1) is 41.7 Å². The molecule has 302 valence electrons. The maximum Gasteiger partial charge on any atom is 0.312 e. The second-order valence-corrected chi connectivity index (χ2v) is 20.5. The van der Waals surface area contributed by atoms with Gasteiger partial charge in [0.15, 0.2) is 0 Å². The highest BCUT2D eigenvalue weighted by atomic mass is 16.6. The topological polar surface area (TPSA) is 155 Å². The fourth-order valence-electron chi connectivity index (χ4n) is 11.8. The monoisotopic (exact) mass is 748 g/mol. The molecule has 0 aromatic rings. The number of carbonyl (C=O) groups is 4. The summed E-state index contributed by atoms with van der Waals surface area (Å²) in [5.41, 5.74) is -4.19. The van der Waals surface area contributed by atoms with Crippen LogP contribution in [0.25, 0.3) is 0 Å². The van der Waals surface area contributed by atoms with Gasteiger partial charge in [-0.3, -0.25) is 14.4 Å². The average Bonchev–Trinajstić information content (AvgIpc) is 3.89. The first-order chi connectivity index (χ1) is 24.4. The summed E-state index contributed by atoms with van der Waals surface area (Å²) >= 11 is 0. The summed E-state index contributed by atoms with van der Waals surface area (Å²) in [6.45, 7) is 20.0. The summed E-state index contributed by atoms with van der Waals surface area (Å²) < 4.78 is 28.5. The molecule has 11 heteroatoms. The lowest BCUT2D eigenvalue weighted by atomic mass is 9.61. The van der Waals surface area contributed by atoms with E-state index in [4.69, 9.17) is 23.7 Å². The van der Waals surface area contributed by atoms with Crippen LogP contribution in [0.5, 0.6) is 0 Å². The number of hydrogen-bond acceptors (Lipinski definition) is 10. The third kappa shape index (κ3) is 8.24. The first-order valence-electron chi connectivity index (χ1n) is 20.0. The van der Waals surface area contributed by atoms with Gasteiger partial charge in [-0.25, -0.2) is 0 Å². The minimum absolute atomic E-state index is 0.0702. The number of carboxylic acid groups (broad SMARTS) is 1. The van der Waals surface area contributed by atoms with E-state index in [0.29, 0.717) is 38.4 Å². The Bertz CT molecular complexity index is 1390. The van der Waals surface area contributed by atoms with Crippen molar-refractivity contribution >= 4 is 24.2 Å². The summed E-state index contributed by atoms with van der Waals surface area (Å²) in [4.78, 5) is 49.6. The molecule has 53 heavy (non-hydrogen) atoms. The van der Waals surface area contributed by atoms with Crippen LogP contribution in [-0.4, -0.2) is 90.3 Å². The van der Waals surface area contributed by atoms with Gasteiger partial charge in [0.2, 0.25) is 0 Å². The number of esters is 2. The highest BCUT2D eigenvalue weighted by Gasteiger charge is 2.65. The van der Waals surface area contributed by atoms with Crippen molar-refractivity contribution in [2.24, 2.45) is 57.2 Å². The molecule has 6 fully saturated rings. The Morgan fingerprint density at radius 2 is 1.62 bits per heavy atom. The molecule has 14 unspecified atom stereocenters. The summed E-state index contributed by atoms with van der Waals surface area (Å²) in [5.74, 6) is 1.21. The highest BCUT2D eigenvalue weighted by molar-refractivity contribution is 5.80. The number of ether oxygens (including phenoxy) is 5. The molecule has 3 saturated heterocycles. The van der Waals surface area contributed by atoms with Crippen molar-refractivity contribution < 1.29 is 53.1 Å². The van der Waals surface area contributed by atoms with Crippen molar-refractivity contribution in [3.05, 3.63) is 0 Å². The Labute approximate surface area is 316 Å². The van der Waals surface area contributed by atoms with Crippen LogP contribution >= 0.6 is 0 Å². The van der Waals surface area contributed by atoms with Crippen LogP contribution in [0.1, 0.15) is 127 Å². The van der Waals surface area contributed by atoms with Gasteiger partial charge in [0.25, 0.3) is 0 Å². The zero-order chi connectivity index (χ0) is 39.5. The second-order valence-electron chi connectivity index (χ2n) is 20.5. The first-order valence-corrected chi connectivity index (χ1v) is 20.0. The van der Waals surface area contributed by atoms with Crippen molar-refractivity contribution in [1.82, 2.24) is 0 Å². The SMILES string of the molecule is CCC(C)(CC(C)(CC(C)(COC1(C)CC2CC1C1CCCC21)CC(C)(C)C=O)C(=O)OC(C)(C)C)C(=O)O.COC1C(O)C2OC1C1COC(=O)C12. The van der Waals surface area contributed by atoms with Crippen LogP contribution < -0.4 is 0 Å². The number of aldehydes is 1. The molecule has 6 rings (SSSR count). The van der Waals surface area contributed by atoms with Crippen molar-refractivity contribution in [2.45, 2.75) is 163 Å². The summed E-state index contributed by atoms with van der Waals surface area (Å²) in [6, 6.07) is 0. The second kappa shape index (κ2) is 14.8. The first kappa shape index (κ1) is 42.1. The van der Waals surface area contributed by atoms with Crippen molar-refractivity contribution in [2.75, 3.05) is 20.3 Å². The molecule has 6 aliphatic rings. The molecule has 3 heterocycles. The molecule has 0 aromatic carbocycles. The molecule has 0 amide bonds. The quantitative estimate of drug-likeness (QED) is 0.150. The van der Waals surface area contributed by atoms with E-state index in [0.717, 1.165) is 30.5 Å². The van der Waals surface area contributed by atoms with Gasteiger partial charge in [-0.15, -0.1) is 0 Å². The number of fused-ring (bicyclic) bond motifs is 10. The molecule has 0 aromatic heterocycles. The molecule has 3 aliphatic heterocycles. The van der Waals surface area contributed by atoms with Crippen LogP contribution in [0, 0.1) is 57.2 Å². The predicted molar refractivity (Wildman–Crippen MR) is 197 cm³/mol. The van der Waals surface area contributed by atoms with Crippen LogP contribution in [0.2, 0.25) is 0 Å².